The van der Waals surface area contributed by atoms with Gasteiger partial charge in [0.2, 0.25) is 0 Å². The van der Waals surface area contributed by atoms with Gasteiger partial charge in [0.25, 0.3) is 5.91 Å². The van der Waals surface area contributed by atoms with E-state index in [1.54, 1.807) is 12.0 Å². The lowest BCUT2D eigenvalue weighted by Crippen LogP contribution is -2.43. The van der Waals surface area contributed by atoms with Gasteiger partial charge < -0.3 is 10.1 Å². The molecule has 130 valence electrons. The Hall–Kier alpha value is -2.79. The van der Waals surface area contributed by atoms with Gasteiger partial charge in [0.15, 0.2) is 0 Å². The molecule has 26 heavy (non-hydrogen) atoms. The molecular formula is C21H17BrN2O2. The summed E-state index contributed by atoms with van der Waals surface area (Å²) in [4.78, 5) is 15.1. The first kappa shape index (κ1) is 16.7. The van der Waals surface area contributed by atoms with Crippen molar-refractivity contribution in [2.45, 2.75) is 6.17 Å². The molecule has 3 aromatic rings. The Morgan fingerprint density at radius 2 is 1.65 bits per heavy atom. The summed E-state index contributed by atoms with van der Waals surface area (Å²) in [5, 5.41) is 3.50. The smallest absolute Gasteiger partial charge is 0.262 e. The van der Waals surface area contributed by atoms with E-state index in [1.807, 2.05) is 72.8 Å². The minimum atomic E-state index is -0.293. The molecule has 0 aromatic heterocycles. The first-order chi connectivity index (χ1) is 12.7. The molecule has 1 N–H and O–H groups in total. The van der Waals surface area contributed by atoms with Crippen molar-refractivity contribution in [2.24, 2.45) is 0 Å². The molecule has 1 aliphatic rings. The summed E-state index contributed by atoms with van der Waals surface area (Å²) in [5.74, 6) is 0.726. The number of nitrogens with zero attached hydrogens (tertiary/aromatic N) is 1. The van der Waals surface area contributed by atoms with E-state index in [0.717, 1.165) is 27.2 Å². The van der Waals surface area contributed by atoms with Crippen molar-refractivity contribution in [2.75, 3.05) is 17.3 Å². The van der Waals surface area contributed by atoms with Gasteiger partial charge >= 0.3 is 0 Å². The van der Waals surface area contributed by atoms with E-state index in [4.69, 9.17) is 4.74 Å². The van der Waals surface area contributed by atoms with Gasteiger partial charge in [0, 0.05) is 15.8 Å². The monoisotopic (exact) mass is 408 g/mol. The van der Waals surface area contributed by atoms with Crippen LogP contribution in [-0.4, -0.2) is 13.0 Å². The van der Waals surface area contributed by atoms with Crippen molar-refractivity contribution in [3.63, 3.8) is 0 Å². The molecule has 0 aliphatic carbocycles. The zero-order chi connectivity index (χ0) is 18.1. The highest BCUT2D eigenvalue weighted by molar-refractivity contribution is 9.10. The normalized spacial score (nSPS) is 16.0. The van der Waals surface area contributed by atoms with Gasteiger partial charge in [-0.3, -0.25) is 9.69 Å². The third-order valence-electron chi connectivity index (χ3n) is 4.46. The lowest BCUT2D eigenvalue weighted by molar-refractivity contribution is 0.0975. The topological polar surface area (TPSA) is 41.6 Å². The van der Waals surface area contributed by atoms with E-state index < -0.39 is 0 Å². The van der Waals surface area contributed by atoms with Crippen molar-refractivity contribution in [1.29, 1.82) is 0 Å². The summed E-state index contributed by atoms with van der Waals surface area (Å²) in [6.45, 7) is 0. The molecule has 3 aromatic carbocycles. The zero-order valence-corrected chi connectivity index (χ0v) is 15.7. The van der Waals surface area contributed by atoms with Gasteiger partial charge in [-0.15, -0.1) is 0 Å². The van der Waals surface area contributed by atoms with Crippen LogP contribution in [0.4, 0.5) is 11.4 Å². The highest BCUT2D eigenvalue weighted by atomic mass is 79.9. The van der Waals surface area contributed by atoms with Crippen LogP contribution >= 0.6 is 15.9 Å². The third-order valence-corrected chi connectivity index (χ3v) is 4.99. The maximum Gasteiger partial charge on any atom is 0.262 e. The number of benzene rings is 3. The number of carbonyl (C=O) groups excluding carboxylic acids is 1. The average molecular weight is 409 g/mol. The number of amides is 1. The van der Waals surface area contributed by atoms with Gasteiger partial charge in [-0.2, -0.15) is 0 Å². The largest absolute Gasteiger partial charge is 0.497 e. The van der Waals surface area contributed by atoms with Crippen LogP contribution in [0.1, 0.15) is 22.1 Å². The highest BCUT2D eigenvalue weighted by Gasteiger charge is 2.33. The lowest BCUT2D eigenvalue weighted by Gasteiger charge is -2.38. The fourth-order valence-corrected chi connectivity index (χ4v) is 3.41. The quantitative estimate of drug-likeness (QED) is 0.644. The number of hydrogen-bond acceptors (Lipinski definition) is 3. The molecule has 0 radical (unpaired) electrons. The van der Waals surface area contributed by atoms with Gasteiger partial charge in [0.05, 0.1) is 12.7 Å². The van der Waals surface area contributed by atoms with Crippen LogP contribution in [0.25, 0.3) is 0 Å². The van der Waals surface area contributed by atoms with Crippen molar-refractivity contribution < 1.29 is 9.53 Å². The maximum absolute atomic E-state index is 13.3. The Labute approximate surface area is 160 Å². The van der Waals surface area contributed by atoms with Crippen LogP contribution in [0, 0.1) is 0 Å². The summed E-state index contributed by atoms with van der Waals surface area (Å²) >= 11 is 3.47. The molecule has 0 spiro atoms. The van der Waals surface area contributed by atoms with Crippen LogP contribution in [0.2, 0.25) is 0 Å². The van der Waals surface area contributed by atoms with E-state index in [1.165, 1.54) is 0 Å². The minimum absolute atomic E-state index is 0.0302. The van der Waals surface area contributed by atoms with Crippen LogP contribution in [0.3, 0.4) is 0 Å². The van der Waals surface area contributed by atoms with E-state index in [9.17, 15) is 4.79 Å². The summed E-state index contributed by atoms with van der Waals surface area (Å²) in [7, 11) is 1.63. The zero-order valence-electron chi connectivity index (χ0n) is 14.1. The van der Waals surface area contributed by atoms with Crippen molar-refractivity contribution in [3.8, 4) is 5.75 Å². The number of ether oxygens (including phenoxy) is 1. The summed E-state index contributed by atoms with van der Waals surface area (Å²) in [6, 6.07) is 23.1. The van der Waals surface area contributed by atoms with Crippen LogP contribution in [-0.2, 0) is 0 Å². The van der Waals surface area contributed by atoms with Crippen LogP contribution in [0.15, 0.2) is 77.3 Å². The first-order valence-corrected chi connectivity index (χ1v) is 9.05. The maximum atomic E-state index is 13.3. The molecule has 4 rings (SSSR count). The number of rotatable bonds is 3. The predicted octanol–water partition coefficient (Wildman–Crippen LogP) is 5.23. The van der Waals surface area contributed by atoms with Gasteiger partial charge in [-0.25, -0.2) is 0 Å². The second kappa shape index (κ2) is 6.84. The number of para-hydroxylation sites is 1. The minimum Gasteiger partial charge on any atom is -0.497 e. The molecule has 0 fully saturated rings. The molecule has 1 unspecified atom stereocenters. The van der Waals surface area contributed by atoms with Crippen molar-refractivity contribution >= 4 is 33.2 Å². The molecule has 1 aliphatic heterocycles. The Kier molecular flexibility index (Phi) is 4.39. The van der Waals surface area contributed by atoms with E-state index in [0.29, 0.717) is 5.56 Å². The van der Waals surface area contributed by atoms with Crippen molar-refractivity contribution in [1.82, 2.24) is 0 Å². The van der Waals surface area contributed by atoms with E-state index >= 15 is 0 Å². The van der Waals surface area contributed by atoms with Gasteiger partial charge in [0.1, 0.15) is 11.9 Å². The molecule has 0 saturated heterocycles. The van der Waals surface area contributed by atoms with Crippen LogP contribution < -0.4 is 15.0 Å². The molecule has 1 amide bonds. The van der Waals surface area contributed by atoms with Gasteiger partial charge in [-0.05, 0) is 54.1 Å². The number of anilines is 2. The lowest BCUT2D eigenvalue weighted by atomic mass is 10.0. The standard InChI is InChI=1S/C21H17BrN2O2/c1-26-17-12-10-16(11-13-17)24-20(14-6-8-15(22)9-7-14)23-19-5-3-2-4-18(19)21(24)25/h2-13,20,23H,1H3. The second-order valence-corrected chi connectivity index (χ2v) is 6.93. The number of hydrogen-bond donors (Lipinski definition) is 1. The highest BCUT2D eigenvalue weighted by Crippen LogP contribution is 2.37. The molecule has 0 bridgehead atoms. The third kappa shape index (κ3) is 2.95. The summed E-state index contributed by atoms with van der Waals surface area (Å²) in [6.07, 6.45) is -0.293. The SMILES string of the molecule is COc1ccc(N2C(=O)c3ccccc3NC2c2ccc(Br)cc2)cc1. The fraction of sp³-hybridized carbons (Fsp3) is 0.0952. The Morgan fingerprint density at radius 3 is 2.35 bits per heavy atom. The number of fused-ring (bicyclic) bond motifs is 1. The van der Waals surface area contributed by atoms with E-state index in [-0.39, 0.29) is 12.1 Å². The van der Waals surface area contributed by atoms with Crippen LogP contribution in [0.5, 0.6) is 5.75 Å². The Bertz CT molecular complexity index is 939. The number of nitrogens with one attached hydrogen (secondary N) is 1. The summed E-state index contributed by atoms with van der Waals surface area (Å²) in [5.41, 5.74) is 3.32. The predicted molar refractivity (Wildman–Crippen MR) is 107 cm³/mol. The number of methoxy groups -OCH3 is 1. The average Bonchev–Trinajstić information content (AvgIpc) is 2.69. The van der Waals surface area contributed by atoms with Crippen molar-refractivity contribution in [3.05, 3.63) is 88.4 Å². The Balaban J connectivity index is 1.82. The van der Waals surface area contributed by atoms with E-state index in [2.05, 4.69) is 21.2 Å². The molecular weight excluding hydrogens is 392 g/mol. The Morgan fingerprint density at radius 1 is 0.962 bits per heavy atom. The number of carbonyl (C=O) groups is 1. The number of halogens is 1. The molecule has 1 atom stereocenters. The molecule has 5 heteroatoms. The second-order valence-electron chi connectivity index (χ2n) is 6.02. The molecule has 4 nitrogen and oxygen atoms in total. The molecule has 0 saturated carbocycles. The fourth-order valence-electron chi connectivity index (χ4n) is 3.14. The first-order valence-electron chi connectivity index (χ1n) is 8.26. The molecule has 1 heterocycles. The van der Waals surface area contributed by atoms with Gasteiger partial charge in [-0.1, -0.05) is 40.2 Å². The summed E-state index contributed by atoms with van der Waals surface area (Å²) < 4.78 is 6.24.